The van der Waals surface area contributed by atoms with Crippen molar-refractivity contribution in [1.82, 2.24) is 9.80 Å². The lowest BCUT2D eigenvalue weighted by Gasteiger charge is -2.37. The van der Waals surface area contributed by atoms with Crippen LogP contribution in [0.25, 0.3) is 5.57 Å². The summed E-state index contributed by atoms with van der Waals surface area (Å²) in [7, 11) is 2.19. The molecular weight excluding hydrogens is 310 g/mol. The smallest absolute Gasteiger partial charge is 0.123 e. The SMILES string of the molecule is CC1=C(c2ccc(F)cc2)c2cc(C)ccc2C1N1CCN([11CH3])CC1. The number of piperazine rings is 1. The van der Waals surface area contributed by atoms with Gasteiger partial charge in [0, 0.05) is 26.2 Å². The zero-order chi connectivity index (χ0) is 17.6. The highest BCUT2D eigenvalue weighted by Gasteiger charge is 2.34. The van der Waals surface area contributed by atoms with E-state index >= 15 is 0 Å². The van der Waals surface area contributed by atoms with Crippen molar-refractivity contribution in [2.75, 3.05) is 33.2 Å². The predicted octanol–water partition coefficient (Wildman–Crippen LogP) is 4.26. The number of hydrogen-bond acceptors (Lipinski definition) is 2. The second kappa shape index (κ2) is 6.40. The van der Waals surface area contributed by atoms with E-state index in [0.29, 0.717) is 6.04 Å². The minimum absolute atomic E-state index is 0.180. The van der Waals surface area contributed by atoms with Gasteiger partial charge in [-0.15, -0.1) is 0 Å². The van der Waals surface area contributed by atoms with Crippen LogP contribution in [0.1, 0.15) is 35.2 Å². The Kier molecular flexibility index (Phi) is 4.22. The van der Waals surface area contributed by atoms with Crippen LogP contribution in [0.4, 0.5) is 4.39 Å². The van der Waals surface area contributed by atoms with Crippen molar-refractivity contribution in [3.05, 3.63) is 76.1 Å². The van der Waals surface area contributed by atoms with Crippen molar-refractivity contribution in [1.29, 1.82) is 0 Å². The molecule has 0 aromatic heterocycles. The molecule has 0 spiro atoms. The van der Waals surface area contributed by atoms with Crippen LogP contribution in [0.2, 0.25) is 0 Å². The van der Waals surface area contributed by atoms with Gasteiger partial charge in [0.1, 0.15) is 5.82 Å². The number of rotatable bonds is 2. The largest absolute Gasteiger partial charge is 0.304 e. The summed E-state index contributed by atoms with van der Waals surface area (Å²) < 4.78 is 13.4. The summed E-state index contributed by atoms with van der Waals surface area (Å²) in [4.78, 5) is 4.99. The van der Waals surface area contributed by atoms with E-state index in [-0.39, 0.29) is 5.82 Å². The number of fused-ring (bicyclic) bond motifs is 1. The van der Waals surface area contributed by atoms with Crippen LogP contribution >= 0.6 is 0 Å². The lowest BCUT2D eigenvalue weighted by molar-refractivity contribution is 0.127. The van der Waals surface area contributed by atoms with Crippen LogP contribution in [-0.4, -0.2) is 43.0 Å². The van der Waals surface area contributed by atoms with Gasteiger partial charge in [-0.1, -0.05) is 35.9 Å². The number of halogens is 1. The van der Waals surface area contributed by atoms with E-state index in [1.807, 2.05) is 12.1 Å². The third kappa shape index (κ3) is 2.92. The van der Waals surface area contributed by atoms with Gasteiger partial charge in [0.05, 0.1) is 6.04 Å². The molecule has 1 fully saturated rings. The molecule has 2 aromatic rings. The molecule has 2 aliphatic rings. The Morgan fingerprint density at radius 1 is 0.920 bits per heavy atom. The summed E-state index contributed by atoms with van der Waals surface area (Å²) in [6.07, 6.45) is 0. The molecule has 25 heavy (non-hydrogen) atoms. The molecule has 4 rings (SSSR count). The minimum Gasteiger partial charge on any atom is -0.304 e. The number of likely N-dealkylation sites (N-methyl/N-ethyl adjacent to an activating group) is 1. The third-order valence-electron chi connectivity index (χ3n) is 5.61. The summed E-state index contributed by atoms with van der Waals surface area (Å²) in [6, 6.07) is 14.1. The molecule has 1 aliphatic heterocycles. The van der Waals surface area contributed by atoms with Gasteiger partial charge in [-0.2, -0.15) is 0 Å². The van der Waals surface area contributed by atoms with Crippen LogP contribution in [0.5, 0.6) is 0 Å². The zero-order valence-corrected chi connectivity index (χ0v) is 15.2. The molecule has 0 amide bonds. The standard InChI is InChI=1S/C22H25FN2/c1-15-4-9-19-20(14-15)21(17-5-7-18(23)8-6-17)16(2)22(19)25-12-10-24(3)11-13-25/h4-9,14,22H,10-13H2,1-3H3/i3-1. The van der Waals surface area contributed by atoms with Crippen LogP contribution in [0.15, 0.2) is 48.0 Å². The highest BCUT2D eigenvalue weighted by atomic mass is 19.1. The average molecular weight is 335 g/mol. The number of aryl methyl sites for hydroxylation is 1. The first kappa shape index (κ1) is 16.5. The number of benzene rings is 2. The second-order valence-electron chi connectivity index (χ2n) is 7.40. The zero-order valence-electron chi connectivity index (χ0n) is 15.2. The summed E-state index contributed by atoms with van der Waals surface area (Å²) >= 11 is 0. The van der Waals surface area contributed by atoms with Crippen molar-refractivity contribution in [3.8, 4) is 0 Å². The van der Waals surface area contributed by atoms with E-state index in [2.05, 4.69) is 48.9 Å². The fourth-order valence-electron chi connectivity index (χ4n) is 4.26. The predicted molar refractivity (Wildman–Crippen MR) is 101 cm³/mol. The van der Waals surface area contributed by atoms with Crippen LogP contribution in [0.3, 0.4) is 0 Å². The normalized spacial score (nSPS) is 21.7. The van der Waals surface area contributed by atoms with Crippen molar-refractivity contribution in [2.45, 2.75) is 19.9 Å². The Balaban J connectivity index is 1.81. The molecule has 1 unspecified atom stereocenters. The summed E-state index contributed by atoms with van der Waals surface area (Å²) in [5.74, 6) is -0.180. The average Bonchev–Trinajstić information content (AvgIpc) is 2.88. The highest BCUT2D eigenvalue weighted by Crippen LogP contribution is 2.46. The molecule has 0 N–H and O–H groups in total. The Bertz CT molecular complexity index is 814. The van der Waals surface area contributed by atoms with Crippen LogP contribution < -0.4 is 0 Å². The maximum Gasteiger partial charge on any atom is 0.123 e. The van der Waals surface area contributed by atoms with Crippen LogP contribution in [0, 0.1) is 12.7 Å². The Labute approximate surface area is 149 Å². The van der Waals surface area contributed by atoms with E-state index < -0.39 is 0 Å². The van der Waals surface area contributed by atoms with Gasteiger partial charge >= 0.3 is 0 Å². The molecule has 1 saturated heterocycles. The second-order valence-corrected chi connectivity index (χ2v) is 7.40. The van der Waals surface area contributed by atoms with Gasteiger partial charge in [-0.25, -0.2) is 4.39 Å². The molecule has 0 radical (unpaired) electrons. The van der Waals surface area contributed by atoms with Crippen molar-refractivity contribution >= 4 is 5.57 Å². The fraction of sp³-hybridized carbons (Fsp3) is 0.364. The Morgan fingerprint density at radius 2 is 1.60 bits per heavy atom. The molecule has 3 heteroatoms. The molecule has 130 valence electrons. The molecule has 1 aliphatic carbocycles. The first-order valence-corrected chi connectivity index (χ1v) is 9.05. The minimum atomic E-state index is -0.180. The van der Waals surface area contributed by atoms with Gasteiger partial charge in [0.2, 0.25) is 0 Å². The third-order valence-corrected chi connectivity index (χ3v) is 5.61. The molecule has 0 saturated carbocycles. The maximum atomic E-state index is 13.4. The molecule has 1 heterocycles. The van der Waals surface area contributed by atoms with Gasteiger partial charge in [0.15, 0.2) is 0 Å². The van der Waals surface area contributed by atoms with Gasteiger partial charge in [0.25, 0.3) is 0 Å². The first-order valence-electron chi connectivity index (χ1n) is 9.05. The summed E-state index contributed by atoms with van der Waals surface area (Å²) in [5, 5.41) is 0. The van der Waals surface area contributed by atoms with E-state index in [1.54, 1.807) is 12.1 Å². The Morgan fingerprint density at radius 3 is 2.28 bits per heavy atom. The summed E-state index contributed by atoms with van der Waals surface area (Å²) in [5.41, 5.74) is 7.76. The van der Waals surface area contributed by atoms with E-state index in [4.69, 9.17) is 0 Å². The van der Waals surface area contributed by atoms with Gasteiger partial charge in [-0.05, 0) is 60.9 Å². The summed E-state index contributed by atoms with van der Waals surface area (Å²) in [6.45, 7) is 8.77. The van der Waals surface area contributed by atoms with Crippen molar-refractivity contribution in [2.24, 2.45) is 0 Å². The van der Waals surface area contributed by atoms with Crippen molar-refractivity contribution in [3.63, 3.8) is 0 Å². The van der Waals surface area contributed by atoms with Crippen LogP contribution in [-0.2, 0) is 0 Å². The van der Waals surface area contributed by atoms with E-state index in [0.717, 1.165) is 31.7 Å². The molecule has 2 nitrogen and oxygen atoms in total. The molecular formula is C22H25FN2. The maximum absolute atomic E-state index is 13.4. The number of nitrogens with zero attached hydrogens (tertiary/aromatic N) is 2. The molecule has 2 aromatic carbocycles. The van der Waals surface area contributed by atoms with E-state index in [9.17, 15) is 4.39 Å². The van der Waals surface area contributed by atoms with E-state index in [1.165, 1.54) is 27.8 Å². The first-order chi connectivity index (χ1) is 12.0. The topological polar surface area (TPSA) is 6.48 Å². The lowest BCUT2D eigenvalue weighted by atomic mass is 9.96. The number of hydrogen-bond donors (Lipinski definition) is 0. The monoisotopic (exact) mass is 335 g/mol. The van der Waals surface area contributed by atoms with Crippen molar-refractivity contribution < 1.29 is 4.39 Å². The molecule has 1 atom stereocenters. The highest BCUT2D eigenvalue weighted by molar-refractivity contribution is 5.88. The Hall–Kier alpha value is -1.97. The van der Waals surface area contributed by atoms with Gasteiger partial charge in [-0.3, -0.25) is 4.90 Å². The van der Waals surface area contributed by atoms with Gasteiger partial charge < -0.3 is 4.90 Å². The quantitative estimate of drug-likeness (QED) is 0.809. The fourth-order valence-corrected chi connectivity index (χ4v) is 4.26. The lowest BCUT2D eigenvalue weighted by Crippen LogP contribution is -2.45. The molecule has 0 bridgehead atoms.